The molecule has 3 fully saturated rings. The van der Waals surface area contributed by atoms with E-state index in [0.717, 1.165) is 44.3 Å². The molecular formula is C38H70O4SSi2. The second-order valence-corrected chi connectivity index (χ2v) is 30.6. The number of aliphatic hydroxyl groups is 2. The molecule has 0 spiro atoms. The molecule has 4 aliphatic rings. The Morgan fingerprint density at radius 2 is 1.49 bits per heavy atom. The molecule has 0 aromatic rings. The molecule has 4 nitrogen and oxygen atoms in total. The van der Waals surface area contributed by atoms with Crippen molar-refractivity contribution in [2.24, 2.45) is 28.6 Å². The van der Waals surface area contributed by atoms with E-state index in [1.54, 1.807) is 5.57 Å². The first-order chi connectivity index (χ1) is 20.2. The van der Waals surface area contributed by atoms with Gasteiger partial charge in [-0.15, -0.1) is 0 Å². The van der Waals surface area contributed by atoms with Crippen molar-refractivity contribution in [1.82, 2.24) is 0 Å². The van der Waals surface area contributed by atoms with Crippen LogP contribution in [-0.4, -0.2) is 61.8 Å². The van der Waals surface area contributed by atoms with Gasteiger partial charge >= 0.3 is 0 Å². The number of fused-ring (bicyclic) bond motifs is 5. The summed E-state index contributed by atoms with van der Waals surface area (Å²) in [5.41, 5.74) is 2.50. The summed E-state index contributed by atoms with van der Waals surface area (Å²) in [5.74, 6) is 2.04. The summed E-state index contributed by atoms with van der Waals surface area (Å²) in [7, 11) is -3.99. The summed E-state index contributed by atoms with van der Waals surface area (Å²) < 4.78 is 14.7. The average Bonchev–Trinajstić information content (AvgIpc) is 3.12. The van der Waals surface area contributed by atoms with Gasteiger partial charge in [0.2, 0.25) is 0 Å². The third-order valence-corrected chi connectivity index (χ3v) is 24.1. The Morgan fingerprint density at radius 3 is 2.04 bits per heavy atom. The predicted molar refractivity (Wildman–Crippen MR) is 199 cm³/mol. The summed E-state index contributed by atoms with van der Waals surface area (Å²) in [6.07, 6.45) is 10.9. The number of hydrogen-bond donors (Lipinski definition) is 2. The van der Waals surface area contributed by atoms with Crippen LogP contribution < -0.4 is 0 Å². The maximum absolute atomic E-state index is 11.7. The van der Waals surface area contributed by atoms with Gasteiger partial charge in [-0.1, -0.05) is 85.6 Å². The second kappa shape index (κ2) is 12.5. The van der Waals surface area contributed by atoms with E-state index in [2.05, 4.69) is 101 Å². The molecular weight excluding hydrogens is 609 g/mol. The Balaban J connectivity index is 1.68. The normalized spacial score (nSPS) is 36.9. The number of hydrogen-bond acceptors (Lipinski definition) is 5. The molecule has 0 aromatic carbocycles. The molecule has 3 saturated carbocycles. The SMILES string of the molecule is C[C@@H](SCCC(C)(C)O)[C@H]1[C@H](O)C[C@H]2C3=CC=C4C[C@@H](O[Si](C)(C)C(C)(C)C)C[C@H](O[Si](C)(C)C(C)(C)C)[C@]4(C)[C@H]3CC[C@]12C. The minimum atomic E-state index is -2.05. The molecule has 0 heterocycles. The van der Waals surface area contributed by atoms with Gasteiger partial charge in [0.15, 0.2) is 16.6 Å². The molecule has 260 valence electrons. The highest BCUT2D eigenvalue weighted by molar-refractivity contribution is 7.99. The molecule has 2 N–H and O–H groups in total. The number of allylic oxidation sites excluding steroid dienone is 3. The van der Waals surface area contributed by atoms with Crippen LogP contribution in [0.5, 0.6) is 0 Å². The fraction of sp³-hybridized carbons (Fsp3) is 0.895. The van der Waals surface area contributed by atoms with E-state index in [1.165, 1.54) is 5.57 Å². The summed E-state index contributed by atoms with van der Waals surface area (Å²) in [4.78, 5) is 0. The third kappa shape index (κ3) is 7.21. The molecule has 0 aliphatic heterocycles. The first-order valence-corrected chi connectivity index (χ1v) is 24.9. The lowest BCUT2D eigenvalue weighted by Gasteiger charge is -2.59. The third-order valence-electron chi connectivity index (χ3n) is 13.8. The Labute approximate surface area is 284 Å². The van der Waals surface area contributed by atoms with E-state index in [1.807, 2.05) is 25.6 Å². The van der Waals surface area contributed by atoms with E-state index in [4.69, 9.17) is 8.85 Å². The molecule has 9 atom stereocenters. The first kappa shape index (κ1) is 37.9. The topological polar surface area (TPSA) is 58.9 Å². The van der Waals surface area contributed by atoms with Gasteiger partial charge < -0.3 is 19.1 Å². The minimum absolute atomic E-state index is 0.0513. The van der Waals surface area contributed by atoms with E-state index in [0.29, 0.717) is 17.1 Å². The highest BCUT2D eigenvalue weighted by atomic mass is 32.2. The Bertz CT molecular complexity index is 1140. The van der Waals surface area contributed by atoms with Crippen molar-refractivity contribution in [3.63, 3.8) is 0 Å². The van der Waals surface area contributed by atoms with Crippen LogP contribution in [0.25, 0.3) is 0 Å². The highest BCUT2D eigenvalue weighted by Gasteiger charge is 2.62. The van der Waals surface area contributed by atoms with E-state index in [-0.39, 0.29) is 45.1 Å². The van der Waals surface area contributed by atoms with Crippen LogP contribution in [0, 0.1) is 28.6 Å². The van der Waals surface area contributed by atoms with Crippen LogP contribution in [-0.2, 0) is 8.85 Å². The number of rotatable bonds is 9. The van der Waals surface area contributed by atoms with E-state index < -0.39 is 22.2 Å². The maximum atomic E-state index is 11.7. The Morgan fingerprint density at radius 1 is 0.911 bits per heavy atom. The van der Waals surface area contributed by atoms with Gasteiger partial charge in [0.05, 0.1) is 23.9 Å². The van der Waals surface area contributed by atoms with Crippen LogP contribution in [0.1, 0.15) is 115 Å². The molecule has 45 heavy (non-hydrogen) atoms. The zero-order valence-corrected chi connectivity index (χ0v) is 34.6. The summed E-state index contributed by atoms with van der Waals surface area (Å²) in [6, 6.07) is 0. The largest absolute Gasteiger partial charge is 0.414 e. The Hall–Kier alpha value is 0.104. The summed E-state index contributed by atoms with van der Waals surface area (Å²) in [6.45, 7) is 34.9. The molecule has 0 radical (unpaired) electrons. The zero-order chi connectivity index (χ0) is 34.2. The predicted octanol–water partition coefficient (Wildman–Crippen LogP) is 10.1. The Kier molecular flexibility index (Phi) is 10.5. The van der Waals surface area contributed by atoms with Crippen LogP contribution in [0.15, 0.2) is 23.3 Å². The van der Waals surface area contributed by atoms with Crippen molar-refractivity contribution in [2.75, 3.05) is 5.75 Å². The van der Waals surface area contributed by atoms with Gasteiger partial charge in [0, 0.05) is 16.6 Å². The average molecular weight is 679 g/mol. The molecule has 4 aliphatic carbocycles. The van der Waals surface area contributed by atoms with Gasteiger partial charge in [-0.2, -0.15) is 11.8 Å². The molecule has 0 bridgehead atoms. The van der Waals surface area contributed by atoms with Gasteiger partial charge in [-0.05, 0) is 112 Å². The summed E-state index contributed by atoms with van der Waals surface area (Å²) >= 11 is 1.94. The van der Waals surface area contributed by atoms with Crippen molar-refractivity contribution < 1.29 is 19.1 Å². The quantitative estimate of drug-likeness (QED) is 0.238. The van der Waals surface area contributed by atoms with Crippen molar-refractivity contribution in [3.05, 3.63) is 23.3 Å². The van der Waals surface area contributed by atoms with Crippen molar-refractivity contribution in [3.8, 4) is 0 Å². The maximum Gasteiger partial charge on any atom is 0.192 e. The molecule has 7 heteroatoms. The van der Waals surface area contributed by atoms with Crippen molar-refractivity contribution in [1.29, 1.82) is 0 Å². The lowest BCUT2D eigenvalue weighted by atomic mass is 9.49. The highest BCUT2D eigenvalue weighted by Crippen LogP contribution is 2.67. The minimum Gasteiger partial charge on any atom is -0.414 e. The molecule has 0 aromatic heterocycles. The fourth-order valence-corrected chi connectivity index (χ4v) is 13.4. The lowest BCUT2D eigenvalue weighted by Crippen LogP contribution is -2.58. The van der Waals surface area contributed by atoms with Crippen LogP contribution in [0.3, 0.4) is 0 Å². The molecule has 0 saturated heterocycles. The second-order valence-electron chi connectivity index (χ2n) is 19.6. The monoisotopic (exact) mass is 678 g/mol. The standard InChI is InChI=1S/C38H70O4SSi2/c1-25(43-21-20-36(8,9)40)33-31(39)24-30-28-17-16-26-22-27(41-44(12,13)34(2,3)4)23-32(42-45(14,15)35(5,6)7)38(26,11)29(28)18-19-37(30,33)10/h16-17,25,27,29-33,39-40H,18-24H2,1-15H3/t25-,27-,29+,30+,31-,32+,33+,37+,38+/m1/s1. The zero-order valence-electron chi connectivity index (χ0n) is 31.8. The van der Waals surface area contributed by atoms with Crippen LogP contribution >= 0.6 is 11.8 Å². The van der Waals surface area contributed by atoms with Gasteiger partial charge in [0.1, 0.15) is 0 Å². The van der Waals surface area contributed by atoms with Crippen molar-refractivity contribution >= 4 is 28.4 Å². The smallest absolute Gasteiger partial charge is 0.192 e. The van der Waals surface area contributed by atoms with Gasteiger partial charge in [0.25, 0.3) is 0 Å². The first-order valence-electron chi connectivity index (χ1n) is 18.0. The number of aliphatic hydroxyl groups excluding tert-OH is 1. The van der Waals surface area contributed by atoms with Crippen LogP contribution in [0.4, 0.5) is 0 Å². The fourth-order valence-electron chi connectivity index (χ4n) is 8.90. The lowest BCUT2D eigenvalue weighted by molar-refractivity contribution is -0.0438. The molecule has 0 unspecified atom stereocenters. The van der Waals surface area contributed by atoms with Crippen molar-refractivity contribution in [2.45, 2.75) is 180 Å². The molecule has 4 rings (SSSR count). The summed E-state index contributed by atoms with van der Waals surface area (Å²) in [5, 5.41) is 22.6. The van der Waals surface area contributed by atoms with E-state index >= 15 is 0 Å². The van der Waals surface area contributed by atoms with Gasteiger partial charge in [-0.25, -0.2) is 0 Å². The number of thioether (sulfide) groups is 1. The van der Waals surface area contributed by atoms with E-state index in [9.17, 15) is 10.2 Å². The van der Waals surface area contributed by atoms with Gasteiger partial charge in [-0.3, -0.25) is 0 Å². The molecule has 0 amide bonds. The van der Waals surface area contributed by atoms with Crippen LogP contribution in [0.2, 0.25) is 36.3 Å².